The molecule has 1 aliphatic rings. The molecule has 0 saturated carbocycles. The van der Waals surface area contributed by atoms with Crippen molar-refractivity contribution in [1.82, 2.24) is 4.90 Å². The fraction of sp³-hybridized carbons (Fsp3) is 0.375. The van der Waals surface area contributed by atoms with Gasteiger partial charge in [-0.25, -0.2) is 4.79 Å². The van der Waals surface area contributed by atoms with Gasteiger partial charge < -0.3 is 14.6 Å². The van der Waals surface area contributed by atoms with E-state index >= 15 is 0 Å². The molecule has 6 nitrogen and oxygen atoms in total. The average molecular weight is 302 g/mol. The molecule has 0 radical (unpaired) electrons. The SMILES string of the molecule is N#CC(=Cc1ccc(OCCN2CCOCC2)cc1)C(=O)O. The lowest BCUT2D eigenvalue weighted by atomic mass is 10.1. The van der Waals surface area contributed by atoms with Gasteiger partial charge in [0.25, 0.3) is 0 Å². The third-order valence-corrected chi connectivity index (χ3v) is 3.32. The summed E-state index contributed by atoms with van der Waals surface area (Å²) in [6, 6.07) is 8.63. The molecule has 1 fully saturated rings. The Hall–Kier alpha value is -2.36. The van der Waals surface area contributed by atoms with Gasteiger partial charge in [0, 0.05) is 19.6 Å². The van der Waals surface area contributed by atoms with Crippen LogP contribution in [-0.2, 0) is 9.53 Å². The molecule has 0 aromatic heterocycles. The highest BCUT2D eigenvalue weighted by molar-refractivity contribution is 5.96. The third-order valence-electron chi connectivity index (χ3n) is 3.32. The molecule has 1 N–H and O–H groups in total. The van der Waals surface area contributed by atoms with Gasteiger partial charge in [-0.1, -0.05) is 12.1 Å². The molecule has 1 aromatic rings. The van der Waals surface area contributed by atoms with Gasteiger partial charge in [0.15, 0.2) is 0 Å². The monoisotopic (exact) mass is 302 g/mol. The number of nitriles is 1. The van der Waals surface area contributed by atoms with Crippen LogP contribution in [0.3, 0.4) is 0 Å². The number of hydrogen-bond acceptors (Lipinski definition) is 5. The first-order chi connectivity index (χ1) is 10.7. The largest absolute Gasteiger partial charge is 0.492 e. The van der Waals surface area contributed by atoms with Crippen molar-refractivity contribution in [2.75, 3.05) is 39.5 Å². The highest BCUT2D eigenvalue weighted by Gasteiger charge is 2.09. The number of nitrogens with zero attached hydrogens (tertiary/aromatic N) is 2. The van der Waals surface area contributed by atoms with E-state index in [9.17, 15) is 4.79 Å². The topological polar surface area (TPSA) is 82.8 Å². The van der Waals surface area contributed by atoms with E-state index in [1.165, 1.54) is 6.08 Å². The first-order valence-electron chi connectivity index (χ1n) is 7.07. The Morgan fingerprint density at radius 3 is 2.64 bits per heavy atom. The van der Waals surface area contributed by atoms with Crippen LogP contribution in [0.4, 0.5) is 0 Å². The summed E-state index contributed by atoms with van der Waals surface area (Å²) in [5.74, 6) is -0.507. The van der Waals surface area contributed by atoms with Gasteiger partial charge in [-0.05, 0) is 23.8 Å². The van der Waals surface area contributed by atoms with Crippen molar-refractivity contribution in [2.24, 2.45) is 0 Å². The van der Waals surface area contributed by atoms with Crippen LogP contribution < -0.4 is 4.74 Å². The molecule has 0 bridgehead atoms. The number of rotatable bonds is 6. The van der Waals surface area contributed by atoms with E-state index in [4.69, 9.17) is 19.8 Å². The normalized spacial score (nSPS) is 16.0. The molecule has 6 heteroatoms. The van der Waals surface area contributed by atoms with E-state index in [2.05, 4.69) is 4.90 Å². The zero-order chi connectivity index (χ0) is 15.8. The average Bonchev–Trinajstić information content (AvgIpc) is 2.54. The van der Waals surface area contributed by atoms with E-state index in [0.29, 0.717) is 12.2 Å². The van der Waals surface area contributed by atoms with Crippen LogP contribution in [0.15, 0.2) is 29.8 Å². The lowest BCUT2D eigenvalue weighted by molar-refractivity contribution is -0.132. The Morgan fingerprint density at radius 1 is 1.36 bits per heavy atom. The predicted molar refractivity (Wildman–Crippen MR) is 80.4 cm³/mol. The zero-order valence-corrected chi connectivity index (χ0v) is 12.2. The Bertz CT molecular complexity index is 569. The minimum Gasteiger partial charge on any atom is -0.492 e. The Morgan fingerprint density at radius 2 is 2.05 bits per heavy atom. The number of carboxylic acids is 1. The maximum Gasteiger partial charge on any atom is 0.346 e. The number of aliphatic carboxylic acids is 1. The van der Waals surface area contributed by atoms with E-state index in [1.54, 1.807) is 30.3 Å². The molecule has 2 rings (SSSR count). The van der Waals surface area contributed by atoms with Crippen molar-refractivity contribution in [2.45, 2.75) is 0 Å². The number of morpholine rings is 1. The first kappa shape index (κ1) is 16.0. The molecule has 1 heterocycles. The smallest absolute Gasteiger partial charge is 0.346 e. The second-order valence-electron chi connectivity index (χ2n) is 4.85. The second kappa shape index (κ2) is 8.17. The number of ether oxygens (including phenoxy) is 2. The van der Waals surface area contributed by atoms with Gasteiger partial charge in [0.1, 0.15) is 24.0 Å². The molecule has 0 amide bonds. The van der Waals surface area contributed by atoms with E-state index in [0.717, 1.165) is 38.6 Å². The van der Waals surface area contributed by atoms with Crippen LogP contribution in [0.2, 0.25) is 0 Å². The molecule has 1 aliphatic heterocycles. The van der Waals surface area contributed by atoms with Crippen molar-refractivity contribution in [1.29, 1.82) is 5.26 Å². The number of carboxylic acid groups (broad SMARTS) is 1. The summed E-state index contributed by atoms with van der Waals surface area (Å²) in [6.45, 7) is 4.84. The summed E-state index contributed by atoms with van der Waals surface area (Å²) in [6.07, 6.45) is 1.33. The molecule has 22 heavy (non-hydrogen) atoms. The fourth-order valence-electron chi connectivity index (χ4n) is 2.09. The van der Waals surface area contributed by atoms with E-state index in [-0.39, 0.29) is 5.57 Å². The predicted octanol–water partition coefficient (Wildman–Crippen LogP) is 1.39. The van der Waals surface area contributed by atoms with Gasteiger partial charge in [0.05, 0.1) is 13.2 Å². The van der Waals surface area contributed by atoms with Gasteiger partial charge >= 0.3 is 5.97 Å². The lowest BCUT2D eigenvalue weighted by Gasteiger charge is -2.26. The molecule has 0 unspecified atom stereocenters. The number of carbonyl (C=O) groups is 1. The van der Waals surface area contributed by atoms with Gasteiger partial charge in [-0.2, -0.15) is 5.26 Å². The number of benzene rings is 1. The third kappa shape index (κ3) is 4.88. The van der Waals surface area contributed by atoms with Crippen LogP contribution in [0.5, 0.6) is 5.75 Å². The number of hydrogen-bond donors (Lipinski definition) is 1. The zero-order valence-electron chi connectivity index (χ0n) is 12.2. The van der Waals surface area contributed by atoms with Crippen molar-refractivity contribution < 1.29 is 19.4 Å². The van der Waals surface area contributed by atoms with Crippen LogP contribution in [0.25, 0.3) is 6.08 Å². The lowest BCUT2D eigenvalue weighted by Crippen LogP contribution is -2.38. The molecule has 0 atom stereocenters. The van der Waals surface area contributed by atoms with Crippen LogP contribution in [0, 0.1) is 11.3 Å². The maximum atomic E-state index is 10.8. The van der Waals surface area contributed by atoms with Gasteiger partial charge in [-0.15, -0.1) is 0 Å². The molecule has 1 saturated heterocycles. The first-order valence-corrected chi connectivity index (χ1v) is 7.07. The highest BCUT2D eigenvalue weighted by Crippen LogP contribution is 2.14. The maximum absolute atomic E-state index is 10.8. The van der Waals surface area contributed by atoms with Gasteiger partial charge in [0.2, 0.25) is 0 Å². The fourth-order valence-corrected chi connectivity index (χ4v) is 2.09. The molecular formula is C16H18N2O4. The minimum absolute atomic E-state index is 0.291. The van der Waals surface area contributed by atoms with Crippen molar-refractivity contribution in [3.8, 4) is 11.8 Å². The molecule has 0 spiro atoms. The van der Waals surface area contributed by atoms with Crippen LogP contribution >= 0.6 is 0 Å². The molecule has 0 aliphatic carbocycles. The standard InChI is InChI=1S/C16H18N2O4/c17-12-14(16(19)20)11-13-1-3-15(4-2-13)22-10-7-18-5-8-21-9-6-18/h1-4,11H,5-10H2,(H,19,20). The van der Waals surface area contributed by atoms with E-state index in [1.807, 2.05) is 0 Å². The van der Waals surface area contributed by atoms with Crippen LogP contribution in [-0.4, -0.2) is 55.4 Å². The summed E-state index contributed by atoms with van der Waals surface area (Å²) in [5, 5.41) is 17.5. The quantitative estimate of drug-likeness (QED) is 0.631. The summed E-state index contributed by atoms with van der Waals surface area (Å²) in [5.41, 5.74) is 0.362. The van der Waals surface area contributed by atoms with Crippen molar-refractivity contribution in [3.63, 3.8) is 0 Å². The second-order valence-corrected chi connectivity index (χ2v) is 4.85. The van der Waals surface area contributed by atoms with E-state index < -0.39 is 5.97 Å². The Kier molecular flexibility index (Phi) is 5.95. The summed E-state index contributed by atoms with van der Waals surface area (Å²) >= 11 is 0. The Labute approximate surface area is 129 Å². The Balaban J connectivity index is 1.84. The molecule has 1 aromatic carbocycles. The van der Waals surface area contributed by atoms with Crippen molar-refractivity contribution in [3.05, 3.63) is 35.4 Å². The summed E-state index contributed by atoms with van der Waals surface area (Å²) < 4.78 is 10.9. The van der Waals surface area contributed by atoms with Crippen LogP contribution in [0.1, 0.15) is 5.56 Å². The highest BCUT2D eigenvalue weighted by atomic mass is 16.5. The molecule has 116 valence electrons. The summed E-state index contributed by atoms with van der Waals surface area (Å²) in [7, 11) is 0. The summed E-state index contributed by atoms with van der Waals surface area (Å²) in [4.78, 5) is 13.0. The molecular weight excluding hydrogens is 284 g/mol. The minimum atomic E-state index is -1.23. The van der Waals surface area contributed by atoms with Gasteiger partial charge in [-0.3, -0.25) is 4.90 Å². The van der Waals surface area contributed by atoms with Crippen molar-refractivity contribution >= 4 is 12.0 Å².